The number of pyridine rings is 1. The Kier molecular flexibility index (Phi) is 5.54. The molecule has 7 nitrogen and oxygen atoms in total. The summed E-state index contributed by atoms with van der Waals surface area (Å²) in [6.07, 6.45) is 7.49. The Morgan fingerprint density at radius 1 is 1.06 bits per heavy atom. The largest absolute Gasteiger partial charge is 0.333 e. The average molecular weight is 427 g/mol. The molecule has 32 heavy (non-hydrogen) atoms. The standard InChI is InChI=1S/C25H26N6O/c1-2-29(18-19-10-4-3-5-11-19)24(32)22-20-12-6-7-16-30(20)23(28-22)21-13-8-17-31(21)25-26-14-9-15-27-25/h3-7,9-12,14-16,21H,2,8,13,17-18H2,1H3/t21-/m1/s1. The van der Waals surface area contributed by atoms with Gasteiger partial charge in [-0.2, -0.15) is 0 Å². The number of hydrogen-bond acceptors (Lipinski definition) is 5. The van der Waals surface area contributed by atoms with E-state index in [-0.39, 0.29) is 11.9 Å². The molecule has 1 fully saturated rings. The van der Waals surface area contributed by atoms with Crippen LogP contribution in [0.2, 0.25) is 0 Å². The summed E-state index contributed by atoms with van der Waals surface area (Å²) in [6, 6.07) is 17.8. The van der Waals surface area contributed by atoms with Crippen molar-refractivity contribution < 1.29 is 4.79 Å². The van der Waals surface area contributed by atoms with Crippen LogP contribution in [0.5, 0.6) is 0 Å². The first kappa shape index (κ1) is 20.2. The minimum absolute atomic E-state index is 0.0260. The van der Waals surface area contributed by atoms with Gasteiger partial charge in [-0.1, -0.05) is 36.4 Å². The summed E-state index contributed by atoms with van der Waals surface area (Å²) in [6.45, 7) is 4.05. The maximum atomic E-state index is 13.6. The second-order valence-electron chi connectivity index (χ2n) is 7.98. The summed E-state index contributed by atoms with van der Waals surface area (Å²) in [5.74, 6) is 1.52. The molecular weight excluding hydrogens is 400 g/mol. The highest BCUT2D eigenvalue weighted by molar-refractivity contribution is 5.99. The van der Waals surface area contributed by atoms with Crippen LogP contribution in [0.15, 0.2) is 73.2 Å². The third-order valence-electron chi connectivity index (χ3n) is 6.02. The first-order chi connectivity index (χ1) is 15.8. The van der Waals surface area contributed by atoms with Gasteiger partial charge in [0.05, 0.1) is 11.6 Å². The zero-order chi connectivity index (χ0) is 21.9. The number of amides is 1. The van der Waals surface area contributed by atoms with Crippen LogP contribution in [0.25, 0.3) is 5.52 Å². The number of nitrogens with zero attached hydrogens (tertiary/aromatic N) is 6. The predicted octanol–water partition coefficient (Wildman–Crippen LogP) is 4.13. The normalized spacial score (nSPS) is 15.9. The van der Waals surface area contributed by atoms with Gasteiger partial charge in [0.1, 0.15) is 5.82 Å². The van der Waals surface area contributed by atoms with E-state index in [1.807, 2.05) is 72.6 Å². The molecule has 0 aliphatic carbocycles. The van der Waals surface area contributed by atoms with E-state index >= 15 is 0 Å². The highest BCUT2D eigenvalue weighted by atomic mass is 16.2. The summed E-state index contributed by atoms with van der Waals surface area (Å²) >= 11 is 0. The lowest BCUT2D eigenvalue weighted by Crippen LogP contribution is -2.31. The summed E-state index contributed by atoms with van der Waals surface area (Å²) in [5.41, 5.74) is 2.44. The number of hydrogen-bond donors (Lipinski definition) is 0. The zero-order valence-corrected chi connectivity index (χ0v) is 18.1. The van der Waals surface area contributed by atoms with E-state index in [2.05, 4.69) is 19.3 Å². The molecule has 7 heteroatoms. The molecule has 1 amide bonds. The molecule has 5 rings (SSSR count). The van der Waals surface area contributed by atoms with Crippen LogP contribution in [0.3, 0.4) is 0 Å². The monoisotopic (exact) mass is 426 g/mol. The number of aromatic nitrogens is 4. The van der Waals surface area contributed by atoms with E-state index in [1.165, 1.54) is 0 Å². The number of carbonyl (C=O) groups excluding carboxylic acids is 1. The first-order valence-corrected chi connectivity index (χ1v) is 11.1. The van der Waals surface area contributed by atoms with Gasteiger partial charge in [-0.3, -0.25) is 4.79 Å². The van der Waals surface area contributed by atoms with Crippen LogP contribution in [0, 0.1) is 0 Å². The minimum Gasteiger partial charge on any atom is -0.333 e. The summed E-state index contributed by atoms with van der Waals surface area (Å²) < 4.78 is 2.05. The Morgan fingerprint density at radius 3 is 2.62 bits per heavy atom. The van der Waals surface area contributed by atoms with Crippen LogP contribution >= 0.6 is 0 Å². The van der Waals surface area contributed by atoms with Crippen LogP contribution < -0.4 is 4.90 Å². The quantitative estimate of drug-likeness (QED) is 0.464. The molecule has 0 bridgehead atoms. The van der Waals surface area contributed by atoms with E-state index < -0.39 is 0 Å². The maximum absolute atomic E-state index is 13.6. The van der Waals surface area contributed by atoms with Gasteiger partial charge in [0.15, 0.2) is 5.69 Å². The number of imidazole rings is 1. The number of benzene rings is 1. The fourth-order valence-electron chi connectivity index (χ4n) is 4.45. The van der Waals surface area contributed by atoms with Crippen molar-refractivity contribution >= 4 is 17.4 Å². The number of carbonyl (C=O) groups is 1. The Labute approximate surface area is 187 Å². The highest BCUT2D eigenvalue weighted by Crippen LogP contribution is 2.34. The molecule has 0 radical (unpaired) electrons. The topological polar surface area (TPSA) is 66.6 Å². The molecule has 0 spiro atoms. The van der Waals surface area contributed by atoms with Crippen molar-refractivity contribution in [3.05, 3.63) is 90.3 Å². The van der Waals surface area contributed by atoms with Crippen molar-refractivity contribution in [2.24, 2.45) is 0 Å². The van der Waals surface area contributed by atoms with E-state index in [9.17, 15) is 4.79 Å². The molecule has 0 saturated carbocycles. The molecule has 3 aromatic heterocycles. The lowest BCUT2D eigenvalue weighted by Gasteiger charge is -2.23. The van der Waals surface area contributed by atoms with Crippen LogP contribution in [0.1, 0.15) is 47.7 Å². The molecule has 0 unspecified atom stereocenters. The van der Waals surface area contributed by atoms with Gasteiger partial charge in [-0.05, 0) is 43.5 Å². The highest BCUT2D eigenvalue weighted by Gasteiger charge is 2.33. The van der Waals surface area contributed by atoms with Crippen molar-refractivity contribution in [2.75, 3.05) is 18.0 Å². The smallest absolute Gasteiger partial charge is 0.275 e. The second-order valence-corrected chi connectivity index (χ2v) is 7.98. The predicted molar refractivity (Wildman–Crippen MR) is 123 cm³/mol. The van der Waals surface area contributed by atoms with Crippen molar-refractivity contribution in [1.82, 2.24) is 24.3 Å². The molecular formula is C25H26N6O. The Balaban J connectivity index is 1.52. The summed E-state index contributed by atoms with van der Waals surface area (Å²) in [4.78, 5) is 31.5. The van der Waals surface area contributed by atoms with Crippen LogP contribution in [0.4, 0.5) is 5.95 Å². The first-order valence-electron chi connectivity index (χ1n) is 11.1. The lowest BCUT2D eigenvalue weighted by molar-refractivity contribution is 0.0749. The molecule has 1 saturated heterocycles. The maximum Gasteiger partial charge on any atom is 0.275 e. The summed E-state index contributed by atoms with van der Waals surface area (Å²) in [7, 11) is 0. The number of anilines is 1. The Hall–Kier alpha value is -3.74. The van der Waals surface area contributed by atoms with E-state index in [1.54, 1.807) is 12.4 Å². The van der Waals surface area contributed by atoms with Crippen molar-refractivity contribution in [3.8, 4) is 0 Å². The molecule has 1 atom stereocenters. The molecule has 162 valence electrons. The fourth-order valence-corrected chi connectivity index (χ4v) is 4.45. The molecule has 1 aliphatic rings. The second kappa shape index (κ2) is 8.78. The Bertz CT molecular complexity index is 1210. The van der Waals surface area contributed by atoms with Crippen molar-refractivity contribution in [1.29, 1.82) is 0 Å². The molecule has 1 aliphatic heterocycles. The van der Waals surface area contributed by atoms with Gasteiger partial charge < -0.3 is 14.2 Å². The van der Waals surface area contributed by atoms with E-state index in [4.69, 9.17) is 4.98 Å². The molecule has 4 heterocycles. The minimum atomic E-state index is -0.0492. The summed E-state index contributed by atoms with van der Waals surface area (Å²) in [5, 5.41) is 0. The van der Waals surface area contributed by atoms with Gasteiger partial charge in [0.25, 0.3) is 5.91 Å². The van der Waals surface area contributed by atoms with Gasteiger partial charge in [-0.25, -0.2) is 15.0 Å². The third-order valence-corrected chi connectivity index (χ3v) is 6.02. The Morgan fingerprint density at radius 2 is 1.84 bits per heavy atom. The van der Waals surface area contributed by atoms with Crippen molar-refractivity contribution in [3.63, 3.8) is 0 Å². The molecule has 1 aromatic carbocycles. The SMILES string of the molecule is CCN(Cc1ccccc1)C(=O)c1nc([C@H]2CCCN2c2ncccn2)n2ccccc12. The lowest BCUT2D eigenvalue weighted by atomic mass is 10.2. The third kappa shape index (κ3) is 3.70. The van der Waals surface area contributed by atoms with E-state index in [0.717, 1.165) is 36.3 Å². The zero-order valence-electron chi connectivity index (χ0n) is 18.1. The number of rotatable bonds is 6. The van der Waals surface area contributed by atoms with Gasteiger partial charge in [-0.15, -0.1) is 0 Å². The van der Waals surface area contributed by atoms with Crippen LogP contribution in [-0.2, 0) is 6.54 Å². The van der Waals surface area contributed by atoms with Crippen molar-refractivity contribution in [2.45, 2.75) is 32.4 Å². The van der Waals surface area contributed by atoms with Gasteiger partial charge in [0, 0.05) is 38.2 Å². The average Bonchev–Trinajstić information content (AvgIpc) is 3.48. The van der Waals surface area contributed by atoms with E-state index in [0.29, 0.717) is 24.7 Å². The number of fused-ring (bicyclic) bond motifs is 1. The van der Waals surface area contributed by atoms with Crippen LogP contribution in [-0.4, -0.2) is 43.2 Å². The van der Waals surface area contributed by atoms with Gasteiger partial charge >= 0.3 is 0 Å². The molecule has 0 N–H and O–H groups in total. The fraction of sp³-hybridized carbons (Fsp3) is 0.280. The van der Waals surface area contributed by atoms with Gasteiger partial charge in [0.2, 0.25) is 5.95 Å². The molecule has 4 aromatic rings.